The minimum Gasteiger partial charge on any atom is -0.489 e. The lowest BCUT2D eigenvalue weighted by atomic mass is 10.0. The summed E-state index contributed by atoms with van der Waals surface area (Å²) >= 11 is 0. The molecule has 1 amide bonds. The van der Waals surface area contributed by atoms with Crippen LogP contribution in [0, 0.1) is 0 Å². The second kappa shape index (κ2) is 11.9. The average Bonchev–Trinajstić information content (AvgIpc) is 3.31. The van der Waals surface area contributed by atoms with E-state index in [-0.39, 0.29) is 23.8 Å². The highest BCUT2D eigenvalue weighted by Crippen LogP contribution is 2.29. The zero-order valence-corrected chi connectivity index (χ0v) is 22.3. The van der Waals surface area contributed by atoms with Crippen molar-refractivity contribution in [2.45, 2.75) is 63.9 Å². The Morgan fingerprint density at radius 1 is 1.12 bits per heavy atom. The number of primary amides is 1. The Hall–Kier alpha value is -3.61. The highest BCUT2D eigenvalue weighted by Gasteiger charge is 2.31. The molecule has 0 radical (unpaired) electrons. The number of benzene rings is 2. The second-order valence-corrected chi connectivity index (χ2v) is 10.5. The van der Waals surface area contributed by atoms with Crippen molar-refractivity contribution in [2.24, 2.45) is 5.73 Å². The van der Waals surface area contributed by atoms with Gasteiger partial charge in [-0.15, -0.1) is 13.2 Å². The molecule has 4 rings (SSSR count). The summed E-state index contributed by atoms with van der Waals surface area (Å²) < 4.78 is 48.7. The molecule has 0 saturated carbocycles. The molecule has 2 heterocycles. The molecule has 0 spiro atoms. The van der Waals surface area contributed by atoms with E-state index in [0.717, 1.165) is 11.1 Å². The molecule has 1 saturated heterocycles. The third kappa shape index (κ3) is 8.20. The van der Waals surface area contributed by atoms with Crippen molar-refractivity contribution in [2.75, 3.05) is 13.1 Å². The van der Waals surface area contributed by atoms with E-state index in [0.29, 0.717) is 43.8 Å². The van der Waals surface area contributed by atoms with Crippen LogP contribution in [0.15, 0.2) is 54.9 Å². The molecule has 1 aliphatic heterocycles. The summed E-state index contributed by atoms with van der Waals surface area (Å²) in [6.07, 6.45) is -0.886. The minimum absolute atomic E-state index is 0.194. The van der Waals surface area contributed by atoms with E-state index in [1.165, 1.54) is 24.3 Å². The van der Waals surface area contributed by atoms with E-state index in [4.69, 9.17) is 10.5 Å². The SMILES string of the molecule is CC(C)(O)Cn1cc(-c2ccc(OC3CCN(C(O)Cc4ccc(OC(F)(F)F)cc4)CC3)c(C(N)=O)c2)cn1. The first-order chi connectivity index (χ1) is 18.8. The number of ether oxygens (including phenoxy) is 2. The van der Waals surface area contributed by atoms with Crippen molar-refractivity contribution in [3.63, 3.8) is 0 Å². The predicted molar refractivity (Wildman–Crippen MR) is 141 cm³/mol. The number of alkyl halides is 3. The van der Waals surface area contributed by atoms with Crippen LogP contribution in [0.5, 0.6) is 11.5 Å². The minimum atomic E-state index is -4.75. The van der Waals surface area contributed by atoms with Gasteiger partial charge in [-0.2, -0.15) is 5.10 Å². The smallest absolute Gasteiger partial charge is 0.489 e. The Kier molecular flexibility index (Phi) is 8.71. The van der Waals surface area contributed by atoms with Gasteiger partial charge in [0, 0.05) is 31.3 Å². The fraction of sp³-hybridized carbons (Fsp3) is 0.429. The van der Waals surface area contributed by atoms with Crippen LogP contribution in [0.25, 0.3) is 11.1 Å². The third-order valence-electron chi connectivity index (χ3n) is 6.53. The number of likely N-dealkylation sites (tertiary alicyclic amines) is 1. The molecule has 4 N–H and O–H groups in total. The second-order valence-electron chi connectivity index (χ2n) is 10.5. The van der Waals surface area contributed by atoms with Crippen molar-refractivity contribution in [3.05, 3.63) is 66.0 Å². The number of carbonyl (C=O) groups is 1. The summed E-state index contributed by atoms with van der Waals surface area (Å²) in [5.41, 5.74) is 7.15. The molecule has 40 heavy (non-hydrogen) atoms. The van der Waals surface area contributed by atoms with Gasteiger partial charge in [0.2, 0.25) is 0 Å². The normalized spacial score (nSPS) is 16.1. The molecule has 3 aromatic rings. The van der Waals surface area contributed by atoms with Gasteiger partial charge in [-0.05, 0) is 62.1 Å². The topological polar surface area (TPSA) is 123 Å². The molecule has 2 aromatic carbocycles. The van der Waals surface area contributed by atoms with Crippen molar-refractivity contribution < 1.29 is 37.7 Å². The number of piperidine rings is 1. The van der Waals surface area contributed by atoms with E-state index in [1.54, 1.807) is 43.1 Å². The molecule has 1 atom stereocenters. The Morgan fingerprint density at radius 2 is 1.80 bits per heavy atom. The summed E-state index contributed by atoms with van der Waals surface area (Å²) in [4.78, 5) is 14.1. The van der Waals surface area contributed by atoms with E-state index in [2.05, 4.69) is 9.84 Å². The van der Waals surface area contributed by atoms with Crippen molar-refractivity contribution in [1.29, 1.82) is 0 Å². The number of hydrogen-bond donors (Lipinski definition) is 3. The van der Waals surface area contributed by atoms with Gasteiger partial charge in [0.05, 0.1) is 23.9 Å². The molecule has 1 aromatic heterocycles. The molecule has 0 aliphatic carbocycles. The number of nitrogens with two attached hydrogens (primary N) is 1. The van der Waals surface area contributed by atoms with E-state index in [9.17, 15) is 28.2 Å². The monoisotopic (exact) mass is 562 g/mol. The van der Waals surface area contributed by atoms with Gasteiger partial charge in [0.1, 0.15) is 23.8 Å². The first kappa shape index (κ1) is 29.4. The molecule has 0 bridgehead atoms. The van der Waals surface area contributed by atoms with E-state index < -0.39 is 24.1 Å². The summed E-state index contributed by atoms with van der Waals surface area (Å²) in [5.74, 6) is -0.562. The zero-order valence-electron chi connectivity index (χ0n) is 22.3. The predicted octanol–water partition coefficient (Wildman–Crippen LogP) is 3.72. The Bertz CT molecular complexity index is 1300. The Balaban J connectivity index is 1.33. The van der Waals surface area contributed by atoms with Gasteiger partial charge in [0.15, 0.2) is 0 Å². The van der Waals surface area contributed by atoms with Gasteiger partial charge in [-0.25, -0.2) is 0 Å². The third-order valence-corrected chi connectivity index (χ3v) is 6.53. The van der Waals surface area contributed by atoms with Gasteiger partial charge in [0.25, 0.3) is 5.91 Å². The lowest BCUT2D eigenvalue weighted by molar-refractivity contribution is -0.274. The van der Waals surface area contributed by atoms with Gasteiger partial charge in [-0.1, -0.05) is 18.2 Å². The first-order valence-corrected chi connectivity index (χ1v) is 12.9. The van der Waals surface area contributed by atoms with Crippen LogP contribution >= 0.6 is 0 Å². The summed E-state index contributed by atoms with van der Waals surface area (Å²) in [7, 11) is 0. The number of aliphatic hydroxyl groups is 2. The van der Waals surface area contributed by atoms with Crippen molar-refractivity contribution in [1.82, 2.24) is 14.7 Å². The summed E-state index contributed by atoms with van der Waals surface area (Å²) in [6, 6.07) is 10.6. The standard InChI is InChI=1S/C28H33F3N4O5/c1-27(2,38)17-35-16-20(15-33-35)19-5-8-24(23(14-19)26(32)37)39-21-9-11-34(12-10-21)25(36)13-18-3-6-22(7-4-18)40-28(29,30)31/h3-8,14-16,21,25,36,38H,9-13,17H2,1-2H3,(H2,32,37). The van der Waals surface area contributed by atoms with Crippen LogP contribution in [0.3, 0.4) is 0 Å². The highest BCUT2D eigenvalue weighted by atomic mass is 19.4. The number of carbonyl (C=O) groups excluding carboxylic acids is 1. The number of amides is 1. The lowest BCUT2D eigenvalue weighted by Crippen LogP contribution is -2.45. The molecule has 9 nitrogen and oxygen atoms in total. The highest BCUT2D eigenvalue weighted by molar-refractivity contribution is 5.97. The molecule has 1 aliphatic rings. The van der Waals surface area contributed by atoms with Crippen LogP contribution in [0.1, 0.15) is 42.6 Å². The Morgan fingerprint density at radius 3 is 2.40 bits per heavy atom. The van der Waals surface area contributed by atoms with Crippen LogP contribution in [-0.4, -0.2) is 68.2 Å². The van der Waals surface area contributed by atoms with E-state index in [1.807, 2.05) is 11.0 Å². The van der Waals surface area contributed by atoms with Crippen LogP contribution in [0.2, 0.25) is 0 Å². The fourth-order valence-electron chi connectivity index (χ4n) is 4.64. The van der Waals surface area contributed by atoms with E-state index >= 15 is 0 Å². The number of halogens is 3. The fourth-order valence-corrected chi connectivity index (χ4v) is 4.64. The molecular formula is C28H33F3N4O5. The summed E-state index contributed by atoms with van der Waals surface area (Å²) in [6.45, 7) is 4.76. The molecule has 1 fully saturated rings. The van der Waals surface area contributed by atoms with Crippen molar-refractivity contribution in [3.8, 4) is 22.6 Å². The van der Waals surface area contributed by atoms with Crippen LogP contribution < -0.4 is 15.2 Å². The van der Waals surface area contributed by atoms with Crippen molar-refractivity contribution >= 4 is 5.91 Å². The van der Waals surface area contributed by atoms with Gasteiger partial charge >= 0.3 is 6.36 Å². The number of aliphatic hydroxyl groups excluding tert-OH is 1. The number of nitrogens with zero attached hydrogens (tertiary/aromatic N) is 3. The lowest BCUT2D eigenvalue weighted by Gasteiger charge is -2.35. The quantitative estimate of drug-likeness (QED) is 0.344. The first-order valence-electron chi connectivity index (χ1n) is 12.9. The number of aromatic nitrogens is 2. The maximum absolute atomic E-state index is 12.3. The maximum Gasteiger partial charge on any atom is 0.573 e. The Labute approximate surface area is 229 Å². The van der Waals surface area contributed by atoms with Gasteiger partial charge in [-0.3, -0.25) is 14.4 Å². The molecule has 216 valence electrons. The van der Waals surface area contributed by atoms with Crippen LogP contribution in [0.4, 0.5) is 13.2 Å². The largest absolute Gasteiger partial charge is 0.573 e. The molecule has 1 unspecified atom stereocenters. The number of rotatable bonds is 10. The maximum atomic E-state index is 12.3. The number of hydrogen-bond acceptors (Lipinski definition) is 7. The molecule has 12 heteroatoms. The summed E-state index contributed by atoms with van der Waals surface area (Å²) in [5, 5.41) is 25.0. The zero-order chi connectivity index (χ0) is 29.1. The van der Waals surface area contributed by atoms with Crippen LogP contribution in [-0.2, 0) is 13.0 Å². The average molecular weight is 563 g/mol. The van der Waals surface area contributed by atoms with Gasteiger partial charge < -0.3 is 25.4 Å². The molecular weight excluding hydrogens is 529 g/mol.